The molecule has 0 aromatic carbocycles. The number of piperidine rings is 1. The third-order valence-corrected chi connectivity index (χ3v) is 3.64. The third-order valence-electron chi connectivity index (χ3n) is 3.64. The van der Waals surface area contributed by atoms with E-state index in [1.165, 1.54) is 0 Å². The molecule has 1 aliphatic heterocycles. The van der Waals surface area contributed by atoms with Crippen molar-refractivity contribution in [3.63, 3.8) is 0 Å². The topological polar surface area (TPSA) is 23.5 Å². The maximum Gasteiger partial charge on any atom is 0.248 e. The highest BCUT2D eigenvalue weighted by atomic mass is 19.3. The first-order chi connectivity index (χ1) is 6.52. The molecule has 2 aliphatic rings. The normalized spacial score (nSPS) is 42.4. The molecule has 0 aromatic heterocycles. The van der Waals surface area contributed by atoms with E-state index < -0.39 is 5.92 Å². The standard InChI is InChI=1S/C10H17F2NO/c1-13-4-7-2-10(11,12)3-8(5-13)9(7)6-14/h7-9,14H,2-6H2,1H3. The van der Waals surface area contributed by atoms with Gasteiger partial charge >= 0.3 is 0 Å². The largest absolute Gasteiger partial charge is 0.396 e. The number of alkyl halides is 2. The Morgan fingerprint density at radius 2 is 1.79 bits per heavy atom. The number of likely N-dealkylation sites (tertiary alicyclic amines) is 1. The molecule has 82 valence electrons. The highest BCUT2D eigenvalue weighted by molar-refractivity contribution is 4.95. The Hall–Kier alpha value is -0.220. The summed E-state index contributed by atoms with van der Waals surface area (Å²) in [4.78, 5) is 2.11. The number of aliphatic hydroxyl groups excluding tert-OH is 1. The lowest BCUT2D eigenvalue weighted by molar-refractivity contribution is -0.129. The Morgan fingerprint density at radius 3 is 2.21 bits per heavy atom. The van der Waals surface area contributed by atoms with Crippen molar-refractivity contribution in [2.75, 3.05) is 26.7 Å². The number of hydrogen-bond acceptors (Lipinski definition) is 2. The van der Waals surface area contributed by atoms with Crippen molar-refractivity contribution in [3.05, 3.63) is 0 Å². The molecular formula is C10H17F2NO. The Bertz CT molecular complexity index is 204. The summed E-state index contributed by atoms with van der Waals surface area (Å²) in [7, 11) is 1.97. The van der Waals surface area contributed by atoms with Gasteiger partial charge in [0, 0.05) is 32.5 Å². The summed E-state index contributed by atoms with van der Waals surface area (Å²) in [5, 5.41) is 9.19. The van der Waals surface area contributed by atoms with Crippen LogP contribution in [-0.4, -0.2) is 42.7 Å². The van der Waals surface area contributed by atoms with Crippen LogP contribution in [0.5, 0.6) is 0 Å². The number of rotatable bonds is 1. The molecule has 4 heteroatoms. The minimum absolute atomic E-state index is 0.0208. The van der Waals surface area contributed by atoms with Gasteiger partial charge < -0.3 is 10.0 Å². The van der Waals surface area contributed by atoms with Crippen molar-refractivity contribution in [3.8, 4) is 0 Å². The zero-order valence-electron chi connectivity index (χ0n) is 8.42. The Balaban J connectivity index is 2.14. The van der Waals surface area contributed by atoms with Gasteiger partial charge in [-0.3, -0.25) is 0 Å². The molecule has 2 rings (SSSR count). The molecule has 2 atom stereocenters. The molecule has 0 radical (unpaired) electrons. The zero-order chi connectivity index (χ0) is 10.3. The van der Waals surface area contributed by atoms with Gasteiger partial charge in [0.2, 0.25) is 5.92 Å². The first-order valence-electron chi connectivity index (χ1n) is 5.19. The lowest BCUT2D eigenvalue weighted by Crippen LogP contribution is -2.52. The highest BCUT2D eigenvalue weighted by Crippen LogP contribution is 2.46. The van der Waals surface area contributed by atoms with Crippen LogP contribution in [0.4, 0.5) is 8.78 Å². The molecule has 1 saturated carbocycles. The molecule has 2 fully saturated rings. The average molecular weight is 205 g/mol. The van der Waals surface area contributed by atoms with Crippen LogP contribution in [0, 0.1) is 17.8 Å². The van der Waals surface area contributed by atoms with Crippen LogP contribution in [-0.2, 0) is 0 Å². The number of nitrogens with zero attached hydrogens (tertiary/aromatic N) is 1. The Morgan fingerprint density at radius 1 is 1.29 bits per heavy atom. The summed E-state index contributed by atoms with van der Waals surface area (Å²) in [6.07, 6.45) is -0.0852. The van der Waals surface area contributed by atoms with Crippen LogP contribution >= 0.6 is 0 Å². The lowest BCUT2D eigenvalue weighted by Gasteiger charge is -2.48. The minimum atomic E-state index is -2.50. The van der Waals surface area contributed by atoms with Gasteiger partial charge in [0.25, 0.3) is 0 Å². The first kappa shape index (κ1) is 10.3. The second-order valence-electron chi connectivity index (χ2n) is 4.85. The van der Waals surface area contributed by atoms with Crippen molar-refractivity contribution in [1.82, 2.24) is 4.90 Å². The molecule has 2 unspecified atom stereocenters. The molecule has 1 aliphatic carbocycles. The minimum Gasteiger partial charge on any atom is -0.396 e. The van der Waals surface area contributed by atoms with E-state index in [1.807, 2.05) is 7.05 Å². The van der Waals surface area contributed by atoms with Crippen molar-refractivity contribution < 1.29 is 13.9 Å². The molecule has 0 aromatic rings. The molecular weight excluding hydrogens is 188 g/mol. The second kappa shape index (κ2) is 3.42. The van der Waals surface area contributed by atoms with E-state index in [0.29, 0.717) is 13.1 Å². The fourth-order valence-corrected chi connectivity index (χ4v) is 3.11. The molecule has 14 heavy (non-hydrogen) atoms. The fourth-order valence-electron chi connectivity index (χ4n) is 3.11. The van der Waals surface area contributed by atoms with E-state index in [-0.39, 0.29) is 37.2 Å². The van der Waals surface area contributed by atoms with Crippen molar-refractivity contribution in [2.45, 2.75) is 18.8 Å². The van der Waals surface area contributed by atoms with Gasteiger partial charge in [-0.25, -0.2) is 8.78 Å². The first-order valence-corrected chi connectivity index (χ1v) is 5.19. The number of fused-ring (bicyclic) bond motifs is 2. The van der Waals surface area contributed by atoms with Gasteiger partial charge in [0.05, 0.1) is 0 Å². The van der Waals surface area contributed by atoms with Crippen molar-refractivity contribution in [1.29, 1.82) is 0 Å². The van der Waals surface area contributed by atoms with Gasteiger partial charge in [-0.1, -0.05) is 0 Å². The van der Waals surface area contributed by atoms with Crippen LogP contribution in [0.3, 0.4) is 0 Å². The van der Waals surface area contributed by atoms with Crippen LogP contribution < -0.4 is 0 Å². The predicted octanol–water partition coefficient (Wildman–Crippen LogP) is 1.20. The summed E-state index contributed by atoms with van der Waals surface area (Å²) in [5.74, 6) is -2.44. The average Bonchev–Trinajstić information content (AvgIpc) is 1.99. The third kappa shape index (κ3) is 1.77. The van der Waals surface area contributed by atoms with Gasteiger partial charge in [0.15, 0.2) is 0 Å². The number of aliphatic hydroxyl groups is 1. The maximum absolute atomic E-state index is 13.3. The molecule has 1 heterocycles. The fraction of sp³-hybridized carbons (Fsp3) is 1.00. The second-order valence-corrected chi connectivity index (χ2v) is 4.85. The van der Waals surface area contributed by atoms with E-state index in [9.17, 15) is 13.9 Å². The molecule has 2 nitrogen and oxygen atoms in total. The molecule has 1 saturated heterocycles. The van der Waals surface area contributed by atoms with Crippen molar-refractivity contribution in [2.24, 2.45) is 17.8 Å². The zero-order valence-corrected chi connectivity index (χ0v) is 8.42. The molecule has 2 bridgehead atoms. The maximum atomic E-state index is 13.3. The van der Waals surface area contributed by atoms with E-state index in [2.05, 4.69) is 4.90 Å². The van der Waals surface area contributed by atoms with Gasteiger partial charge in [-0.2, -0.15) is 0 Å². The molecule has 0 amide bonds. The summed E-state index contributed by atoms with van der Waals surface area (Å²) in [6, 6.07) is 0. The summed E-state index contributed by atoms with van der Waals surface area (Å²) in [6.45, 7) is 1.48. The summed E-state index contributed by atoms with van der Waals surface area (Å²) < 4.78 is 26.5. The molecule has 1 N–H and O–H groups in total. The monoisotopic (exact) mass is 205 g/mol. The summed E-state index contributed by atoms with van der Waals surface area (Å²) >= 11 is 0. The van der Waals surface area contributed by atoms with E-state index >= 15 is 0 Å². The Labute approximate surface area is 82.9 Å². The number of halogens is 2. The quantitative estimate of drug-likeness (QED) is 0.695. The van der Waals surface area contributed by atoms with Gasteiger partial charge in [-0.05, 0) is 24.8 Å². The van der Waals surface area contributed by atoms with Crippen LogP contribution in [0.15, 0.2) is 0 Å². The summed E-state index contributed by atoms with van der Waals surface area (Å²) in [5.41, 5.74) is 0. The SMILES string of the molecule is CN1CC2CC(F)(F)CC(C1)C2CO. The van der Waals surface area contributed by atoms with Crippen LogP contribution in [0.1, 0.15) is 12.8 Å². The number of hydrogen-bond donors (Lipinski definition) is 1. The predicted molar refractivity (Wildman–Crippen MR) is 49.2 cm³/mol. The molecule has 0 spiro atoms. The Kier molecular flexibility index (Phi) is 2.52. The van der Waals surface area contributed by atoms with Gasteiger partial charge in [0.1, 0.15) is 0 Å². The smallest absolute Gasteiger partial charge is 0.248 e. The van der Waals surface area contributed by atoms with E-state index in [1.54, 1.807) is 0 Å². The van der Waals surface area contributed by atoms with Crippen LogP contribution in [0.2, 0.25) is 0 Å². The van der Waals surface area contributed by atoms with E-state index in [0.717, 1.165) is 0 Å². The lowest BCUT2D eigenvalue weighted by atomic mass is 9.68. The van der Waals surface area contributed by atoms with Crippen LogP contribution in [0.25, 0.3) is 0 Å². The van der Waals surface area contributed by atoms with Gasteiger partial charge in [-0.15, -0.1) is 0 Å². The van der Waals surface area contributed by atoms with Crippen molar-refractivity contribution >= 4 is 0 Å². The highest BCUT2D eigenvalue weighted by Gasteiger charge is 2.49. The van der Waals surface area contributed by atoms with E-state index in [4.69, 9.17) is 0 Å².